The third-order valence-corrected chi connectivity index (χ3v) is 3.19. The van der Waals surface area contributed by atoms with Crippen molar-refractivity contribution in [2.75, 3.05) is 7.11 Å². The molecular weight excluding hydrogens is 278 g/mol. The zero-order valence-corrected chi connectivity index (χ0v) is 11.3. The van der Waals surface area contributed by atoms with Gasteiger partial charge in [-0.05, 0) is 17.7 Å². The second-order valence-electron chi connectivity index (χ2n) is 4.14. The van der Waals surface area contributed by atoms with E-state index in [9.17, 15) is 4.79 Å². The zero-order chi connectivity index (χ0) is 14.1. The fourth-order valence-corrected chi connectivity index (χ4v) is 2.23. The van der Waals surface area contributed by atoms with Crippen LogP contribution in [0.1, 0.15) is 10.4 Å². The number of ether oxygens (including phenoxy) is 1. The molecule has 0 bridgehead atoms. The van der Waals surface area contributed by atoms with Gasteiger partial charge in [-0.15, -0.1) is 0 Å². The van der Waals surface area contributed by atoms with Gasteiger partial charge in [0.25, 0.3) is 0 Å². The normalized spacial score (nSPS) is 10.7. The summed E-state index contributed by atoms with van der Waals surface area (Å²) in [6, 6.07) is 7.73. The molecule has 0 radical (unpaired) electrons. The van der Waals surface area contributed by atoms with Crippen molar-refractivity contribution >= 4 is 28.5 Å². The molecule has 0 aliphatic heterocycles. The van der Waals surface area contributed by atoms with E-state index in [1.807, 2.05) is 24.3 Å². The van der Waals surface area contributed by atoms with Crippen LogP contribution >= 0.6 is 11.6 Å². The number of fused-ring (bicyclic) bond motifs is 1. The number of nitrogens with one attached hydrogen (secondary N) is 1. The molecule has 0 atom stereocenters. The number of esters is 1. The predicted octanol–water partition coefficient (Wildman–Crippen LogP) is 3.06. The van der Waals surface area contributed by atoms with Gasteiger partial charge in [0.05, 0.1) is 12.8 Å². The van der Waals surface area contributed by atoms with Gasteiger partial charge in [0.15, 0.2) is 0 Å². The van der Waals surface area contributed by atoms with Crippen LogP contribution < -0.4 is 0 Å². The highest BCUT2D eigenvalue weighted by atomic mass is 35.5. The quantitative estimate of drug-likeness (QED) is 0.581. The van der Waals surface area contributed by atoms with Crippen molar-refractivity contribution in [1.29, 1.82) is 0 Å². The highest BCUT2D eigenvalue weighted by molar-refractivity contribution is 6.28. The molecule has 1 aromatic carbocycles. The van der Waals surface area contributed by atoms with Gasteiger partial charge in [-0.1, -0.05) is 18.2 Å². The minimum Gasteiger partial charge on any atom is -0.465 e. The van der Waals surface area contributed by atoms with Crippen LogP contribution in [0.4, 0.5) is 0 Å². The third kappa shape index (κ3) is 2.02. The average molecular weight is 288 g/mol. The Bertz CT molecular complexity index is 798. The number of carbonyl (C=O) groups excluding carboxylic acids is 1. The molecule has 100 valence electrons. The Morgan fingerprint density at radius 3 is 2.95 bits per heavy atom. The number of para-hydroxylation sites is 1. The Morgan fingerprint density at radius 1 is 1.35 bits per heavy atom. The largest absolute Gasteiger partial charge is 0.465 e. The van der Waals surface area contributed by atoms with Crippen molar-refractivity contribution in [2.45, 2.75) is 0 Å². The van der Waals surface area contributed by atoms with Gasteiger partial charge in [-0.2, -0.15) is 0 Å². The molecule has 2 heterocycles. The Balaban J connectivity index is 2.28. The van der Waals surface area contributed by atoms with E-state index in [0.29, 0.717) is 5.69 Å². The van der Waals surface area contributed by atoms with Crippen molar-refractivity contribution in [3.63, 3.8) is 0 Å². The van der Waals surface area contributed by atoms with Gasteiger partial charge in [-0.3, -0.25) is 0 Å². The molecule has 0 saturated carbocycles. The summed E-state index contributed by atoms with van der Waals surface area (Å²) >= 11 is 5.85. The number of aromatic nitrogens is 3. The van der Waals surface area contributed by atoms with Gasteiger partial charge in [0.2, 0.25) is 5.28 Å². The van der Waals surface area contributed by atoms with Crippen molar-refractivity contribution in [3.8, 4) is 11.3 Å². The maximum Gasteiger partial charge on any atom is 0.341 e. The molecule has 0 aliphatic carbocycles. The zero-order valence-electron chi connectivity index (χ0n) is 10.6. The molecule has 3 aromatic rings. The van der Waals surface area contributed by atoms with Gasteiger partial charge >= 0.3 is 5.97 Å². The lowest BCUT2D eigenvalue weighted by molar-refractivity contribution is 0.0601. The van der Waals surface area contributed by atoms with E-state index >= 15 is 0 Å². The molecule has 0 saturated heterocycles. The number of rotatable bonds is 2. The van der Waals surface area contributed by atoms with Crippen LogP contribution in [0.25, 0.3) is 22.2 Å². The molecule has 0 amide bonds. The Kier molecular flexibility index (Phi) is 3.12. The summed E-state index contributed by atoms with van der Waals surface area (Å²) in [4.78, 5) is 23.0. The fourth-order valence-electron chi connectivity index (χ4n) is 2.09. The lowest BCUT2D eigenvalue weighted by Crippen LogP contribution is -2.06. The highest BCUT2D eigenvalue weighted by Gasteiger charge is 2.18. The lowest BCUT2D eigenvalue weighted by atomic mass is 10.1. The van der Waals surface area contributed by atoms with Crippen molar-refractivity contribution in [1.82, 2.24) is 15.0 Å². The van der Waals surface area contributed by atoms with Gasteiger partial charge in [-0.25, -0.2) is 14.8 Å². The van der Waals surface area contributed by atoms with E-state index in [0.717, 1.165) is 16.5 Å². The predicted molar refractivity (Wildman–Crippen MR) is 75.7 cm³/mol. The van der Waals surface area contributed by atoms with E-state index < -0.39 is 5.97 Å². The van der Waals surface area contributed by atoms with Crippen molar-refractivity contribution < 1.29 is 9.53 Å². The number of halogens is 1. The minimum atomic E-state index is -0.498. The molecule has 3 rings (SSSR count). The SMILES string of the molecule is COC(=O)c1cnc(Cl)nc1-c1c[nH]c2ccccc12. The summed E-state index contributed by atoms with van der Waals surface area (Å²) in [7, 11) is 1.32. The fraction of sp³-hybridized carbons (Fsp3) is 0.0714. The molecule has 1 N–H and O–H groups in total. The number of H-pyrrole nitrogens is 1. The van der Waals surface area contributed by atoms with E-state index in [2.05, 4.69) is 15.0 Å². The standard InChI is InChI=1S/C14H10ClN3O2/c1-20-13(19)10-7-17-14(15)18-12(10)9-6-16-11-5-3-2-4-8(9)11/h2-7,16H,1H3. The minimum absolute atomic E-state index is 0.0814. The van der Waals surface area contributed by atoms with Crippen LogP contribution in [0.15, 0.2) is 36.7 Å². The number of methoxy groups -OCH3 is 1. The van der Waals surface area contributed by atoms with Crippen LogP contribution in [0.3, 0.4) is 0 Å². The third-order valence-electron chi connectivity index (χ3n) is 3.01. The smallest absolute Gasteiger partial charge is 0.341 e. The van der Waals surface area contributed by atoms with Gasteiger partial charge < -0.3 is 9.72 Å². The topological polar surface area (TPSA) is 67.9 Å². The molecular formula is C14H10ClN3O2. The Labute approximate surface area is 119 Å². The highest BCUT2D eigenvalue weighted by Crippen LogP contribution is 2.30. The first-order valence-electron chi connectivity index (χ1n) is 5.88. The average Bonchev–Trinajstić information content (AvgIpc) is 2.90. The monoisotopic (exact) mass is 287 g/mol. The second kappa shape index (κ2) is 4.94. The first kappa shape index (κ1) is 12.6. The number of aromatic amines is 1. The first-order chi connectivity index (χ1) is 9.70. The van der Waals surface area contributed by atoms with Crippen molar-refractivity contribution in [2.24, 2.45) is 0 Å². The van der Waals surface area contributed by atoms with E-state index in [-0.39, 0.29) is 10.8 Å². The summed E-state index contributed by atoms with van der Waals surface area (Å²) in [6.45, 7) is 0. The van der Waals surface area contributed by atoms with E-state index in [1.54, 1.807) is 6.20 Å². The van der Waals surface area contributed by atoms with Gasteiger partial charge in [0.1, 0.15) is 5.56 Å². The molecule has 6 heteroatoms. The Hall–Kier alpha value is -2.40. The maximum atomic E-state index is 11.8. The molecule has 0 spiro atoms. The lowest BCUT2D eigenvalue weighted by Gasteiger charge is -2.06. The summed E-state index contributed by atoms with van der Waals surface area (Å²) in [5, 5.41) is 1.03. The maximum absolute atomic E-state index is 11.8. The summed E-state index contributed by atoms with van der Waals surface area (Å²) in [5.41, 5.74) is 2.47. The number of carbonyl (C=O) groups is 1. The number of hydrogen-bond acceptors (Lipinski definition) is 4. The molecule has 0 aliphatic rings. The van der Waals surface area contributed by atoms with Crippen LogP contribution in [-0.4, -0.2) is 28.0 Å². The molecule has 5 nitrogen and oxygen atoms in total. The number of hydrogen-bond donors (Lipinski definition) is 1. The molecule has 2 aromatic heterocycles. The Morgan fingerprint density at radius 2 is 2.15 bits per heavy atom. The molecule has 0 fully saturated rings. The van der Waals surface area contributed by atoms with Crippen LogP contribution in [0, 0.1) is 0 Å². The summed E-state index contributed by atoms with van der Waals surface area (Å²) in [6.07, 6.45) is 3.16. The van der Waals surface area contributed by atoms with Crippen LogP contribution in [0.5, 0.6) is 0 Å². The summed E-state index contributed by atoms with van der Waals surface area (Å²) < 4.78 is 4.75. The van der Waals surface area contributed by atoms with Gasteiger partial charge in [0, 0.05) is 28.9 Å². The first-order valence-corrected chi connectivity index (χ1v) is 6.26. The van der Waals surface area contributed by atoms with Crippen molar-refractivity contribution in [3.05, 3.63) is 47.5 Å². The number of benzene rings is 1. The molecule has 20 heavy (non-hydrogen) atoms. The van der Waals surface area contributed by atoms with E-state index in [4.69, 9.17) is 16.3 Å². The molecule has 0 unspecified atom stereocenters. The second-order valence-corrected chi connectivity index (χ2v) is 4.48. The van der Waals surface area contributed by atoms with E-state index in [1.165, 1.54) is 13.3 Å². The van der Waals surface area contributed by atoms with Crippen LogP contribution in [0.2, 0.25) is 5.28 Å². The van der Waals surface area contributed by atoms with Crippen LogP contribution in [-0.2, 0) is 4.74 Å². The number of nitrogens with zero attached hydrogens (tertiary/aromatic N) is 2. The summed E-state index contributed by atoms with van der Waals surface area (Å²) in [5.74, 6) is -0.498.